The highest BCUT2D eigenvalue weighted by Crippen LogP contribution is 2.36. The molecule has 1 N–H and O–H groups in total. The van der Waals surface area contributed by atoms with Gasteiger partial charge in [-0.05, 0) is 12.5 Å². The molecule has 0 heterocycles. The largest absolute Gasteiger partial charge is 0.495 e. The van der Waals surface area contributed by atoms with Crippen LogP contribution >= 0.6 is 11.6 Å². The van der Waals surface area contributed by atoms with Gasteiger partial charge in [0.1, 0.15) is 17.5 Å². The highest BCUT2D eigenvalue weighted by molar-refractivity contribution is 6.32. The molecule has 0 fully saturated rings. The van der Waals surface area contributed by atoms with Gasteiger partial charge in [0.15, 0.2) is 0 Å². The van der Waals surface area contributed by atoms with Gasteiger partial charge in [-0.15, -0.1) is 0 Å². The molecule has 0 saturated heterocycles. The van der Waals surface area contributed by atoms with Gasteiger partial charge in [0.25, 0.3) is 0 Å². The fraction of sp³-hybridized carbons (Fsp3) is 0.417. The van der Waals surface area contributed by atoms with E-state index in [1.807, 2.05) is 6.92 Å². The first-order valence-electron chi connectivity index (χ1n) is 5.23. The first-order valence-corrected chi connectivity index (χ1v) is 5.61. The number of hydrogen-bond donors (Lipinski definition) is 1. The quantitative estimate of drug-likeness (QED) is 0.877. The predicted molar refractivity (Wildman–Crippen MR) is 67.9 cm³/mol. The molecule has 0 amide bonds. The molecule has 5 heteroatoms. The van der Waals surface area contributed by atoms with Crippen LogP contribution in [0.1, 0.15) is 13.3 Å². The molecule has 1 rings (SSSR count). The third-order valence-electron chi connectivity index (χ3n) is 2.37. The van der Waals surface area contributed by atoms with E-state index in [1.54, 1.807) is 19.2 Å². The van der Waals surface area contributed by atoms with Crippen LogP contribution in [0.3, 0.4) is 0 Å². The molecule has 0 aromatic heterocycles. The normalized spacial score (nSPS) is 11.5. The molecular weight excluding hydrogens is 240 g/mol. The highest BCUT2D eigenvalue weighted by atomic mass is 35.5. The molecule has 17 heavy (non-hydrogen) atoms. The van der Waals surface area contributed by atoms with Crippen LogP contribution in [0.2, 0.25) is 5.02 Å². The van der Waals surface area contributed by atoms with Crippen LogP contribution in [0.5, 0.6) is 11.5 Å². The minimum Gasteiger partial charge on any atom is -0.495 e. The molecule has 1 aromatic rings. The lowest BCUT2D eigenvalue weighted by Gasteiger charge is -2.16. The lowest BCUT2D eigenvalue weighted by atomic mass is 10.2. The zero-order valence-electron chi connectivity index (χ0n) is 10.1. The van der Waals surface area contributed by atoms with Crippen LogP contribution in [0.4, 0.5) is 5.69 Å². The second-order valence-corrected chi connectivity index (χ2v) is 3.83. The molecule has 0 aliphatic rings. The summed E-state index contributed by atoms with van der Waals surface area (Å²) in [7, 11) is 3.10. The summed E-state index contributed by atoms with van der Waals surface area (Å²) in [6.45, 7) is 1.93. The number of nitrogens with one attached hydrogen (secondary N) is 1. The van der Waals surface area contributed by atoms with Gasteiger partial charge in [0.05, 0.1) is 31.0 Å². The Hall–Kier alpha value is -1.60. The van der Waals surface area contributed by atoms with Gasteiger partial charge >= 0.3 is 0 Å². The molecule has 1 atom stereocenters. The van der Waals surface area contributed by atoms with Crippen molar-refractivity contribution >= 4 is 17.3 Å². The summed E-state index contributed by atoms with van der Waals surface area (Å²) in [5.74, 6) is 1.14. The highest BCUT2D eigenvalue weighted by Gasteiger charge is 2.12. The van der Waals surface area contributed by atoms with Gasteiger partial charge in [-0.25, -0.2) is 0 Å². The average Bonchev–Trinajstić information content (AvgIpc) is 2.36. The standard InChI is InChI=1S/C12H15ClN2O2/c1-4-8(7-14)15-10-5-9(13)11(16-2)6-12(10)17-3/h5-6,8,15H,4H2,1-3H3. The van der Waals surface area contributed by atoms with E-state index in [2.05, 4.69) is 11.4 Å². The third kappa shape index (κ3) is 3.18. The summed E-state index contributed by atoms with van der Waals surface area (Å²) in [6.07, 6.45) is 0.698. The molecule has 0 spiro atoms. The van der Waals surface area contributed by atoms with Gasteiger partial charge in [-0.3, -0.25) is 0 Å². The second kappa shape index (κ2) is 6.21. The van der Waals surface area contributed by atoms with Gasteiger partial charge in [-0.2, -0.15) is 5.26 Å². The SMILES string of the molecule is CCC(C#N)Nc1cc(Cl)c(OC)cc1OC. The third-order valence-corrected chi connectivity index (χ3v) is 2.66. The topological polar surface area (TPSA) is 54.3 Å². The van der Waals surface area contributed by atoms with Crippen LogP contribution in [0.25, 0.3) is 0 Å². The number of anilines is 1. The number of halogens is 1. The average molecular weight is 255 g/mol. The van der Waals surface area contributed by atoms with Crippen molar-refractivity contribution < 1.29 is 9.47 Å². The van der Waals surface area contributed by atoms with Crippen LogP contribution in [0.15, 0.2) is 12.1 Å². The summed E-state index contributed by atoms with van der Waals surface area (Å²) in [4.78, 5) is 0. The van der Waals surface area contributed by atoms with Crippen LogP contribution in [0, 0.1) is 11.3 Å². The Balaban J connectivity index is 3.07. The molecule has 92 valence electrons. The Kier molecular flexibility index (Phi) is 4.92. The number of benzene rings is 1. The Labute approximate surface area is 106 Å². The Morgan fingerprint density at radius 2 is 2.00 bits per heavy atom. The summed E-state index contributed by atoms with van der Waals surface area (Å²) in [6, 6.07) is 5.27. The van der Waals surface area contributed by atoms with Crippen molar-refractivity contribution in [1.82, 2.24) is 0 Å². The number of ether oxygens (including phenoxy) is 2. The van der Waals surface area contributed by atoms with Crippen LogP contribution in [-0.4, -0.2) is 20.3 Å². The minimum atomic E-state index is -0.270. The predicted octanol–water partition coefficient (Wildman–Crippen LogP) is 3.07. The lowest BCUT2D eigenvalue weighted by Crippen LogP contribution is -2.16. The smallest absolute Gasteiger partial charge is 0.145 e. The summed E-state index contributed by atoms with van der Waals surface area (Å²) < 4.78 is 10.3. The zero-order valence-corrected chi connectivity index (χ0v) is 10.8. The molecule has 0 saturated carbocycles. The number of nitriles is 1. The summed E-state index contributed by atoms with van der Waals surface area (Å²) in [5, 5.41) is 12.4. The van der Waals surface area contributed by atoms with E-state index < -0.39 is 0 Å². The number of rotatable bonds is 5. The molecule has 4 nitrogen and oxygen atoms in total. The van der Waals surface area contributed by atoms with E-state index in [9.17, 15) is 0 Å². The minimum absolute atomic E-state index is 0.270. The van der Waals surface area contributed by atoms with Crippen LogP contribution in [-0.2, 0) is 0 Å². The van der Waals surface area contributed by atoms with Crippen molar-refractivity contribution in [3.63, 3.8) is 0 Å². The Morgan fingerprint density at radius 1 is 1.35 bits per heavy atom. The van der Waals surface area contributed by atoms with Gasteiger partial charge in [-0.1, -0.05) is 18.5 Å². The van der Waals surface area contributed by atoms with E-state index in [0.717, 1.165) is 0 Å². The van der Waals surface area contributed by atoms with Gasteiger partial charge in [0.2, 0.25) is 0 Å². The number of hydrogen-bond acceptors (Lipinski definition) is 4. The monoisotopic (exact) mass is 254 g/mol. The Morgan fingerprint density at radius 3 is 2.47 bits per heavy atom. The fourth-order valence-corrected chi connectivity index (χ4v) is 1.63. The molecule has 0 bridgehead atoms. The first-order chi connectivity index (χ1) is 8.15. The van der Waals surface area contributed by atoms with E-state index in [0.29, 0.717) is 28.6 Å². The van der Waals surface area contributed by atoms with E-state index in [4.69, 9.17) is 26.3 Å². The maximum absolute atomic E-state index is 8.91. The molecule has 0 aliphatic carbocycles. The van der Waals surface area contributed by atoms with Crippen molar-refractivity contribution in [1.29, 1.82) is 5.26 Å². The fourth-order valence-electron chi connectivity index (χ4n) is 1.39. The second-order valence-electron chi connectivity index (χ2n) is 3.42. The lowest BCUT2D eigenvalue weighted by molar-refractivity contribution is 0.395. The maximum atomic E-state index is 8.91. The van der Waals surface area contributed by atoms with Crippen molar-refractivity contribution in [3.8, 4) is 17.6 Å². The van der Waals surface area contributed by atoms with Crippen molar-refractivity contribution in [2.75, 3.05) is 19.5 Å². The van der Waals surface area contributed by atoms with Gasteiger partial charge < -0.3 is 14.8 Å². The molecule has 1 unspecified atom stereocenters. The molecule has 0 radical (unpaired) electrons. The molecular formula is C12H15ClN2O2. The number of methoxy groups -OCH3 is 2. The van der Waals surface area contributed by atoms with E-state index >= 15 is 0 Å². The van der Waals surface area contributed by atoms with Crippen LogP contribution < -0.4 is 14.8 Å². The van der Waals surface area contributed by atoms with Crippen molar-refractivity contribution in [2.24, 2.45) is 0 Å². The molecule has 1 aromatic carbocycles. The van der Waals surface area contributed by atoms with Crippen molar-refractivity contribution in [2.45, 2.75) is 19.4 Å². The summed E-state index contributed by atoms with van der Waals surface area (Å²) in [5.41, 5.74) is 0.687. The maximum Gasteiger partial charge on any atom is 0.145 e. The van der Waals surface area contributed by atoms with Crippen molar-refractivity contribution in [3.05, 3.63) is 17.2 Å². The zero-order chi connectivity index (χ0) is 12.8. The van der Waals surface area contributed by atoms with Gasteiger partial charge in [0, 0.05) is 6.07 Å². The van der Waals surface area contributed by atoms with E-state index in [-0.39, 0.29) is 6.04 Å². The first kappa shape index (κ1) is 13.5. The Bertz CT molecular complexity index is 429. The summed E-state index contributed by atoms with van der Waals surface area (Å²) >= 11 is 6.02. The number of nitrogens with zero attached hydrogens (tertiary/aromatic N) is 1. The molecule has 0 aliphatic heterocycles. The van der Waals surface area contributed by atoms with E-state index in [1.165, 1.54) is 7.11 Å².